The van der Waals surface area contributed by atoms with Crippen molar-refractivity contribution in [1.82, 2.24) is 0 Å². The number of anilines is 1. The average Bonchev–Trinajstić information content (AvgIpc) is 3.38. The minimum Gasteiger partial charge on any atom is -0.496 e. The summed E-state index contributed by atoms with van der Waals surface area (Å²) in [6.07, 6.45) is 3.37. The number of methoxy groups -OCH3 is 2. The number of halogens is 1. The van der Waals surface area contributed by atoms with Crippen LogP contribution >= 0.6 is 0 Å². The third-order valence-corrected chi connectivity index (χ3v) is 7.23. The average molecular weight is 488 g/mol. The van der Waals surface area contributed by atoms with Crippen LogP contribution in [0.25, 0.3) is 11.1 Å². The van der Waals surface area contributed by atoms with Gasteiger partial charge in [0, 0.05) is 56.1 Å². The van der Waals surface area contributed by atoms with Crippen molar-refractivity contribution < 1.29 is 33.2 Å². The van der Waals surface area contributed by atoms with Crippen LogP contribution in [-0.4, -0.2) is 57.3 Å². The van der Waals surface area contributed by atoms with Crippen molar-refractivity contribution in [3.8, 4) is 22.6 Å². The van der Waals surface area contributed by atoms with Gasteiger partial charge in [-0.1, -0.05) is 6.07 Å². The molecule has 35 heavy (non-hydrogen) atoms. The van der Waals surface area contributed by atoms with Gasteiger partial charge in [-0.25, -0.2) is 9.18 Å². The van der Waals surface area contributed by atoms with Crippen LogP contribution in [0.2, 0.25) is 0 Å². The zero-order chi connectivity index (χ0) is 25.0. The zero-order valence-corrected chi connectivity index (χ0v) is 20.6. The normalized spacial score (nSPS) is 19.4. The first-order chi connectivity index (χ1) is 16.9. The predicted octanol–water partition coefficient (Wildman–Crippen LogP) is 4.83. The van der Waals surface area contributed by atoms with E-state index >= 15 is 4.39 Å². The van der Waals surface area contributed by atoms with Gasteiger partial charge in [-0.2, -0.15) is 0 Å². The molecule has 4 rings (SSSR count). The second-order valence-corrected chi connectivity index (χ2v) is 9.36. The molecule has 1 atom stereocenters. The molecule has 8 heteroatoms. The van der Waals surface area contributed by atoms with Crippen molar-refractivity contribution in [3.05, 3.63) is 41.2 Å². The molecule has 2 aromatic rings. The highest BCUT2D eigenvalue weighted by molar-refractivity contribution is 5.83. The topological polar surface area (TPSA) is 86.3 Å². The van der Waals surface area contributed by atoms with Crippen molar-refractivity contribution in [3.63, 3.8) is 0 Å². The minimum atomic E-state index is -1.09. The standard InChI is InChI=1S/C27H34FNO6/c1-17-23(32-2)15-22(24(28)25(17)33-3)21-7-6-20(14-19(21)5-4-18-8-11-35-16-18)29-27(26(30)31)9-12-34-13-10-27/h6-7,14-15,18,29H,4-5,8-13,16H2,1-3H3,(H,30,31). The Kier molecular flexibility index (Phi) is 7.82. The lowest BCUT2D eigenvalue weighted by atomic mass is 9.88. The highest BCUT2D eigenvalue weighted by atomic mass is 19.1. The van der Waals surface area contributed by atoms with Gasteiger partial charge in [0.1, 0.15) is 11.3 Å². The van der Waals surface area contributed by atoms with Crippen LogP contribution in [0, 0.1) is 18.7 Å². The van der Waals surface area contributed by atoms with Crippen LogP contribution in [0.3, 0.4) is 0 Å². The Morgan fingerprint density at radius 1 is 1.14 bits per heavy atom. The number of carboxylic acids is 1. The van der Waals surface area contributed by atoms with E-state index in [2.05, 4.69) is 5.32 Å². The summed E-state index contributed by atoms with van der Waals surface area (Å²) in [7, 11) is 3.00. The lowest BCUT2D eigenvalue weighted by Crippen LogP contribution is -2.50. The fourth-order valence-corrected chi connectivity index (χ4v) is 5.05. The molecule has 0 spiro atoms. The van der Waals surface area contributed by atoms with Crippen LogP contribution in [0.5, 0.6) is 11.5 Å². The largest absolute Gasteiger partial charge is 0.496 e. The number of carboxylic acid groups (broad SMARTS) is 1. The number of aliphatic carboxylic acids is 1. The van der Waals surface area contributed by atoms with Crippen molar-refractivity contribution in [2.45, 2.75) is 44.6 Å². The highest BCUT2D eigenvalue weighted by Gasteiger charge is 2.40. The molecule has 0 saturated carbocycles. The summed E-state index contributed by atoms with van der Waals surface area (Å²) in [5.41, 5.74) is 2.27. The third-order valence-electron chi connectivity index (χ3n) is 7.23. The van der Waals surface area contributed by atoms with Gasteiger partial charge in [-0.05, 0) is 61.4 Å². The van der Waals surface area contributed by atoms with E-state index in [1.54, 1.807) is 20.1 Å². The lowest BCUT2D eigenvalue weighted by Gasteiger charge is -2.35. The molecule has 0 bridgehead atoms. The van der Waals surface area contributed by atoms with Crippen molar-refractivity contribution >= 4 is 11.7 Å². The van der Waals surface area contributed by atoms with Gasteiger partial charge >= 0.3 is 5.97 Å². The molecule has 190 valence electrons. The Balaban J connectivity index is 1.75. The minimum absolute atomic E-state index is 0.156. The van der Waals surface area contributed by atoms with E-state index < -0.39 is 17.3 Å². The Hall–Kier alpha value is -2.84. The first-order valence-corrected chi connectivity index (χ1v) is 12.1. The fourth-order valence-electron chi connectivity index (χ4n) is 5.05. The van der Waals surface area contributed by atoms with Crippen LogP contribution in [-0.2, 0) is 20.7 Å². The smallest absolute Gasteiger partial charge is 0.329 e. The Morgan fingerprint density at radius 3 is 2.54 bits per heavy atom. The number of ether oxygens (including phenoxy) is 4. The lowest BCUT2D eigenvalue weighted by molar-refractivity contribution is -0.145. The Labute approximate surface area is 205 Å². The molecule has 2 aliphatic heterocycles. The van der Waals surface area contributed by atoms with E-state index in [0.717, 1.165) is 37.2 Å². The molecule has 2 aromatic carbocycles. The highest BCUT2D eigenvalue weighted by Crippen LogP contribution is 2.40. The van der Waals surface area contributed by atoms with Gasteiger partial charge < -0.3 is 29.4 Å². The molecule has 2 heterocycles. The molecular formula is C27H34FNO6. The van der Waals surface area contributed by atoms with Crippen molar-refractivity contribution in [2.75, 3.05) is 46.0 Å². The van der Waals surface area contributed by atoms with Crippen LogP contribution in [0.15, 0.2) is 24.3 Å². The van der Waals surface area contributed by atoms with Gasteiger partial charge in [-0.3, -0.25) is 0 Å². The fraction of sp³-hybridized carbons (Fsp3) is 0.519. The van der Waals surface area contributed by atoms with E-state index in [9.17, 15) is 9.90 Å². The number of aryl methyl sites for hydroxylation is 1. The van der Waals surface area contributed by atoms with Crippen LogP contribution < -0.4 is 14.8 Å². The Morgan fingerprint density at radius 2 is 1.91 bits per heavy atom. The number of hydrogen-bond acceptors (Lipinski definition) is 6. The monoisotopic (exact) mass is 487 g/mol. The second-order valence-electron chi connectivity index (χ2n) is 9.36. The maximum Gasteiger partial charge on any atom is 0.329 e. The molecular weight excluding hydrogens is 453 g/mol. The van der Waals surface area contributed by atoms with E-state index in [4.69, 9.17) is 18.9 Å². The molecule has 0 aliphatic carbocycles. The van der Waals surface area contributed by atoms with E-state index in [1.165, 1.54) is 7.11 Å². The molecule has 0 radical (unpaired) electrons. The Bertz CT molecular complexity index is 1060. The summed E-state index contributed by atoms with van der Waals surface area (Å²) in [4.78, 5) is 12.2. The van der Waals surface area contributed by atoms with Crippen molar-refractivity contribution in [1.29, 1.82) is 0 Å². The number of benzene rings is 2. The zero-order valence-electron chi connectivity index (χ0n) is 20.6. The van der Waals surface area contributed by atoms with Crippen LogP contribution in [0.1, 0.15) is 36.8 Å². The summed E-state index contributed by atoms with van der Waals surface area (Å²) in [6, 6.07) is 7.32. The molecule has 2 saturated heterocycles. The summed E-state index contributed by atoms with van der Waals surface area (Å²) < 4.78 is 37.4. The van der Waals surface area contributed by atoms with E-state index in [-0.39, 0.29) is 5.75 Å². The number of carbonyl (C=O) groups is 1. The molecule has 0 aromatic heterocycles. The first-order valence-electron chi connectivity index (χ1n) is 12.1. The van der Waals surface area contributed by atoms with Crippen LogP contribution in [0.4, 0.5) is 10.1 Å². The summed E-state index contributed by atoms with van der Waals surface area (Å²) >= 11 is 0. The SMILES string of the molecule is COc1cc(-c2ccc(NC3(C(=O)O)CCOCC3)cc2CCC2CCOC2)c(F)c(OC)c1C. The number of rotatable bonds is 9. The summed E-state index contributed by atoms with van der Waals surface area (Å²) in [5.74, 6) is -0.185. The quantitative estimate of drug-likeness (QED) is 0.524. The number of hydrogen-bond donors (Lipinski definition) is 2. The predicted molar refractivity (Wildman–Crippen MR) is 131 cm³/mol. The second kappa shape index (κ2) is 10.8. The molecule has 2 aliphatic rings. The summed E-state index contributed by atoms with van der Waals surface area (Å²) in [5, 5.41) is 13.2. The van der Waals surface area contributed by atoms with Gasteiger partial charge in [0.05, 0.1) is 14.2 Å². The molecule has 0 amide bonds. The number of nitrogens with one attached hydrogen (secondary N) is 1. The molecule has 7 nitrogen and oxygen atoms in total. The first kappa shape index (κ1) is 25.3. The van der Waals surface area contributed by atoms with Gasteiger partial charge in [0.25, 0.3) is 0 Å². The van der Waals surface area contributed by atoms with Gasteiger partial charge in [0.2, 0.25) is 0 Å². The third kappa shape index (κ3) is 5.23. The molecule has 2 fully saturated rings. The van der Waals surface area contributed by atoms with Gasteiger partial charge in [-0.15, -0.1) is 0 Å². The van der Waals surface area contributed by atoms with Gasteiger partial charge in [0.15, 0.2) is 11.6 Å². The molecule has 1 unspecified atom stereocenters. The maximum absolute atomic E-state index is 15.6. The van der Waals surface area contributed by atoms with Crippen molar-refractivity contribution in [2.24, 2.45) is 5.92 Å². The van der Waals surface area contributed by atoms with E-state index in [1.807, 2.05) is 18.2 Å². The molecule has 2 N–H and O–H groups in total. The summed E-state index contributed by atoms with van der Waals surface area (Å²) in [6.45, 7) is 4.04. The maximum atomic E-state index is 15.6. The van der Waals surface area contributed by atoms with E-state index in [0.29, 0.717) is 61.0 Å².